The molecule has 6 aromatic carbocycles. The Morgan fingerprint density at radius 1 is 0.650 bits per heavy atom. The van der Waals surface area contributed by atoms with Gasteiger partial charge in [-0.05, 0) is 213 Å². The summed E-state index contributed by atoms with van der Waals surface area (Å²) in [6.45, 7) is 4.78. The lowest BCUT2D eigenvalue weighted by molar-refractivity contribution is -0.277. The molecule has 14 atom stereocenters. The van der Waals surface area contributed by atoms with Gasteiger partial charge in [0.25, 0.3) is 0 Å². The van der Waals surface area contributed by atoms with Crippen LogP contribution in [0.5, 0.6) is 46.0 Å². The Bertz CT molecular complexity index is 4890. The van der Waals surface area contributed by atoms with E-state index in [2.05, 4.69) is 58.5 Å². The number of likely N-dealkylation sites (N-methyl/N-ethyl adjacent to an activating group) is 3. The minimum atomic E-state index is -2.95. The number of aliphatic hydroxyl groups excluding tert-OH is 6. The molecule has 642 valence electrons. The van der Waals surface area contributed by atoms with Crippen LogP contribution in [0.1, 0.15) is 139 Å². The summed E-state index contributed by atoms with van der Waals surface area (Å²) in [6.07, 6.45) is -9.76. The smallest absolute Gasteiger partial charge is 0.248 e. The molecule has 20 N–H and O–H groups in total. The second-order valence-corrected chi connectivity index (χ2v) is 33.1. The van der Waals surface area contributed by atoms with Crippen molar-refractivity contribution in [2.75, 3.05) is 60.6 Å². The highest BCUT2D eigenvalue weighted by Crippen LogP contribution is 2.56. The number of aryl methyl sites for hydroxylation is 1. The highest BCUT2D eigenvalue weighted by Gasteiger charge is 2.52. The van der Waals surface area contributed by atoms with E-state index in [0.717, 1.165) is 50.3 Å². The van der Waals surface area contributed by atoms with Gasteiger partial charge in [-0.15, -0.1) is 0 Å². The lowest BCUT2D eigenvalue weighted by Gasteiger charge is -2.54. The average molecular weight is 1680 g/mol. The van der Waals surface area contributed by atoms with Crippen molar-refractivity contribution in [3.8, 4) is 57.1 Å². The Morgan fingerprint density at radius 2 is 1.29 bits per heavy atom. The third-order valence-corrected chi connectivity index (χ3v) is 24.3. The standard InChI is InChI=1S/C85H102ClN11O23/c1-37(2)19-54(89-6)78(107)96-70-56(100)35-90-55(33-64(101)91-34-39-7-12-59(115-17-15-87-4)60(26-39)116-18-16-88-5)79(108)93-68-47-29-61(117-57-13-9-43(72(70)102)20-38(57)3)77(120-84-76(106)75(105)74(104)63(36-98)119-84)62(30-47)118-58-14-10-44(28-53(58)86)73(103)71-83(112)95-69(82(111)92-66-45-22-40-21-41(24-45)25-46(66)23-40)50-31-48(99)32-52-65(50)49-27-42(8-11-51(49)85(52,113)114)67(80(109)97-71)94-81(68)110/h7-14,20,26-32,37,40-41,45-46,54-55,63,66-76,84,87-90,98-99,102-106,113-114H,15-19,21-25,33-36H2,1-6H3,(H,91,101)(H,92,111)(H,93,108)(H,94,110)(H,95,112)(H,96,107)(H,97,109). The van der Waals surface area contributed by atoms with Crippen LogP contribution < -0.4 is 82.2 Å². The molecule has 35 heteroatoms. The first kappa shape index (κ1) is 86.2. The van der Waals surface area contributed by atoms with Crippen LogP contribution >= 0.6 is 11.6 Å². The van der Waals surface area contributed by atoms with Gasteiger partial charge in [-0.1, -0.05) is 55.8 Å². The number of nitrogens with one attached hydrogen (secondary N) is 11. The van der Waals surface area contributed by atoms with Crippen molar-refractivity contribution in [3.63, 3.8) is 0 Å². The second-order valence-electron chi connectivity index (χ2n) is 32.7. The monoisotopic (exact) mass is 1680 g/mol. The minimum Gasteiger partial charge on any atom is -0.508 e. The summed E-state index contributed by atoms with van der Waals surface area (Å²) in [5.41, 5.74) is -0.823. The summed E-state index contributed by atoms with van der Waals surface area (Å²) in [6, 6.07) is 7.89. The van der Waals surface area contributed by atoms with E-state index in [9.17, 15) is 55.5 Å². The molecule has 0 aromatic heterocycles. The molecule has 6 aliphatic heterocycles. The van der Waals surface area contributed by atoms with E-state index in [1.807, 2.05) is 13.8 Å². The zero-order valence-electron chi connectivity index (χ0n) is 66.8. The van der Waals surface area contributed by atoms with Crippen molar-refractivity contribution in [1.29, 1.82) is 0 Å². The number of hydrogen-bond donors (Lipinski definition) is 20. The second kappa shape index (κ2) is 36.3. The van der Waals surface area contributed by atoms with Gasteiger partial charge in [-0.2, -0.15) is 0 Å². The van der Waals surface area contributed by atoms with Crippen LogP contribution in [-0.2, 0) is 55.4 Å². The molecule has 1 saturated heterocycles. The van der Waals surface area contributed by atoms with Crippen LogP contribution in [0.2, 0.25) is 5.02 Å². The number of phenols is 1. The van der Waals surface area contributed by atoms with Crippen molar-refractivity contribution in [1.82, 2.24) is 58.5 Å². The van der Waals surface area contributed by atoms with Crippen LogP contribution in [0.15, 0.2) is 97.1 Å². The number of phenolic OH excluding ortho intramolecular Hbond substituents is 1. The van der Waals surface area contributed by atoms with Crippen LogP contribution in [0.4, 0.5) is 0 Å². The van der Waals surface area contributed by atoms with E-state index < -0.39 is 181 Å². The number of carbonyl (C=O) groups excluding carboxylic acids is 8. The molecule has 120 heavy (non-hydrogen) atoms. The van der Waals surface area contributed by atoms with E-state index in [4.69, 9.17) is 40.0 Å². The van der Waals surface area contributed by atoms with Crippen LogP contribution in [0.25, 0.3) is 11.1 Å². The molecule has 0 radical (unpaired) electrons. The lowest BCUT2D eigenvalue weighted by atomic mass is 9.54. The number of ketones is 1. The summed E-state index contributed by atoms with van der Waals surface area (Å²) in [5, 5.41) is 137. The largest absolute Gasteiger partial charge is 0.508 e. The number of aromatic hydroxyl groups is 1. The number of carbonyl (C=O) groups is 8. The Morgan fingerprint density at radius 3 is 1.95 bits per heavy atom. The first-order chi connectivity index (χ1) is 57.4. The van der Waals surface area contributed by atoms with Gasteiger partial charge in [0.2, 0.25) is 59.2 Å². The topological polar surface area (TPSA) is 506 Å². The zero-order chi connectivity index (χ0) is 85.4. The van der Waals surface area contributed by atoms with Gasteiger partial charge in [-0.25, -0.2) is 0 Å². The maximum atomic E-state index is 16.6. The predicted octanol–water partition coefficient (Wildman–Crippen LogP) is 1.54. The van der Waals surface area contributed by atoms with Crippen molar-refractivity contribution in [3.05, 3.63) is 152 Å². The molecule has 34 nitrogen and oxygen atoms in total. The fourth-order valence-electron chi connectivity index (χ4n) is 17.9. The number of hydrogen-bond acceptors (Lipinski definition) is 27. The first-order valence-corrected chi connectivity index (χ1v) is 40.7. The first-order valence-electron chi connectivity index (χ1n) is 40.4. The third-order valence-electron chi connectivity index (χ3n) is 24.0. The highest BCUT2D eigenvalue weighted by atomic mass is 35.5. The van der Waals surface area contributed by atoms with Gasteiger partial charge in [0.1, 0.15) is 97.3 Å². The molecule has 0 spiro atoms. The Labute approximate surface area is 695 Å². The number of rotatable bonds is 22. The molecule has 6 heterocycles. The normalized spacial score (nSPS) is 28.1. The third kappa shape index (κ3) is 18.0. The molecule has 11 aliphatic rings. The molecule has 17 rings (SSSR count). The number of ether oxygens (including phenoxy) is 6. The van der Waals surface area contributed by atoms with E-state index in [0.29, 0.717) is 42.0 Å². The molecule has 5 aliphatic carbocycles. The van der Waals surface area contributed by atoms with Crippen molar-refractivity contribution >= 4 is 58.7 Å². The SMILES string of the molecule is CNCCOc1ccc(CNC(=O)CC2NCC(=O)C(NC(=O)C(CC(C)C)NC)C(O)c3ccc(c(C)c3)Oc3cc4cc(c3OC3OC(CO)C(O)C(O)C3O)Oc3ccc(cc3Cl)C(O)C3NC(=O)C(NC(=O)C4NC2=O)c2ccc4c(c2)-c2c(cc(O)cc2C4(O)O)C(C(=O)NC2C4CC5CC(C4)CC2C5)NC3=O)cc1OCCNC. The van der Waals surface area contributed by atoms with E-state index in [-0.39, 0.29) is 122 Å². The number of benzene rings is 6. The fourth-order valence-corrected chi connectivity index (χ4v) is 18.2. The van der Waals surface area contributed by atoms with Gasteiger partial charge in [-0.3, -0.25) is 43.7 Å². The van der Waals surface area contributed by atoms with Crippen molar-refractivity contribution < 1.29 is 113 Å². The highest BCUT2D eigenvalue weighted by molar-refractivity contribution is 6.32. The number of halogens is 1. The molecular weight excluding hydrogens is 1580 g/mol. The van der Waals surface area contributed by atoms with Crippen LogP contribution in [0.3, 0.4) is 0 Å². The van der Waals surface area contributed by atoms with Gasteiger partial charge >= 0.3 is 0 Å². The maximum absolute atomic E-state index is 16.6. The number of fused-ring (bicyclic) bond motifs is 13. The molecule has 14 unspecified atom stereocenters. The molecule has 5 fully saturated rings. The van der Waals surface area contributed by atoms with E-state index in [1.54, 1.807) is 46.3 Å². The van der Waals surface area contributed by atoms with Gasteiger partial charge in [0.05, 0.1) is 36.7 Å². The summed E-state index contributed by atoms with van der Waals surface area (Å²) in [7, 11) is 5.06. The fraction of sp³-hybridized carbons (Fsp3) is 0.482. The summed E-state index contributed by atoms with van der Waals surface area (Å²) in [4.78, 5) is 124. The molecule has 4 saturated carbocycles. The summed E-state index contributed by atoms with van der Waals surface area (Å²) in [5.74, 6) is -11.9. The number of aliphatic hydroxyl groups is 8. The quantitative estimate of drug-likeness (QED) is 0.0338. The Kier molecular flexibility index (Phi) is 26.1. The average Bonchev–Trinajstić information content (AvgIpc) is 1.55. The van der Waals surface area contributed by atoms with Crippen LogP contribution in [0, 0.1) is 36.5 Å². The molecule has 15 bridgehead atoms. The maximum Gasteiger partial charge on any atom is 0.248 e. The van der Waals surface area contributed by atoms with Crippen molar-refractivity contribution in [2.24, 2.45) is 29.6 Å². The number of amides is 7. The van der Waals surface area contributed by atoms with Crippen molar-refractivity contribution in [2.45, 2.75) is 169 Å². The van der Waals surface area contributed by atoms with Gasteiger partial charge in [0, 0.05) is 36.8 Å². The minimum absolute atomic E-state index is 0.0411. The molecular formula is C85H102ClN11O23. The van der Waals surface area contributed by atoms with E-state index in [1.165, 1.54) is 60.7 Å². The summed E-state index contributed by atoms with van der Waals surface area (Å²) < 4.78 is 38.0. The lowest BCUT2D eigenvalue weighted by Crippen LogP contribution is -2.60. The number of Topliss-reactive ketones (excluding diaryl/α,β-unsaturated/α-hetero) is 1. The van der Waals surface area contributed by atoms with E-state index >= 15 is 28.8 Å². The molecule has 6 aromatic rings. The Balaban J connectivity index is 0.936. The molecule has 7 amide bonds. The van der Waals surface area contributed by atoms with Crippen LogP contribution in [-0.4, -0.2) is 215 Å². The zero-order valence-corrected chi connectivity index (χ0v) is 67.6. The Hall–Kier alpha value is -10.1. The van der Waals surface area contributed by atoms with Gasteiger partial charge < -0.3 is 128 Å². The predicted molar refractivity (Wildman–Crippen MR) is 429 cm³/mol. The summed E-state index contributed by atoms with van der Waals surface area (Å²) >= 11 is 7.24. The van der Waals surface area contributed by atoms with Gasteiger partial charge in [0.15, 0.2) is 28.8 Å².